The van der Waals surface area contributed by atoms with Gasteiger partial charge in [-0.3, -0.25) is 9.59 Å². The molecular formula is C36H70O4. The highest BCUT2D eigenvalue weighted by atomic mass is 16.4. The first-order valence-electron chi connectivity index (χ1n) is 18.0. The Balaban J connectivity index is 3.79. The third-order valence-electron chi connectivity index (χ3n) is 8.86. The largest absolute Gasteiger partial charge is 0.481 e. The molecule has 0 saturated heterocycles. The van der Waals surface area contributed by atoms with Crippen LogP contribution in [0.1, 0.15) is 206 Å². The van der Waals surface area contributed by atoms with Gasteiger partial charge < -0.3 is 10.2 Å². The summed E-state index contributed by atoms with van der Waals surface area (Å²) in [5.41, 5.74) is 0. The van der Waals surface area contributed by atoms with Crippen LogP contribution >= 0.6 is 0 Å². The molecular weight excluding hydrogens is 496 g/mol. The molecule has 0 bridgehead atoms. The number of rotatable bonds is 33. The van der Waals surface area contributed by atoms with E-state index in [9.17, 15) is 19.8 Å². The SMILES string of the molecule is CCCCCCCCCCCCCCCCCCC(C(=O)O)C(CCCCCCCCCCCCCC)C(=O)O. The Bertz CT molecular complexity index is 547. The number of carboxylic acid groups (broad SMARTS) is 2. The Morgan fingerprint density at radius 1 is 0.350 bits per heavy atom. The molecule has 2 unspecified atom stereocenters. The summed E-state index contributed by atoms with van der Waals surface area (Å²) in [7, 11) is 0. The molecule has 4 nitrogen and oxygen atoms in total. The highest BCUT2D eigenvalue weighted by Gasteiger charge is 2.32. The quantitative estimate of drug-likeness (QED) is 0.0775. The molecule has 0 aromatic heterocycles. The van der Waals surface area contributed by atoms with E-state index in [4.69, 9.17) is 0 Å². The van der Waals surface area contributed by atoms with Crippen LogP contribution in [-0.2, 0) is 9.59 Å². The van der Waals surface area contributed by atoms with E-state index >= 15 is 0 Å². The Hall–Kier alpha value is -1.06. The van der Waals surface area contributed by atoms with Crippen molar-refractivity contribution in [3.8, 4) is 0 Å². The lowest BCUT2D eigenvalue weighted by molar-refractivity contribution is -0.154. The fraction of sp³-hybridized carbons (Fsp3) is 0.944. The number of carbonyl (C=O) groups is 2. The lowest BCUT2D eigenvalue weighted by Crippen LogP contribution is -2.30. The number of carboxylic acids is 2. The van der Waals surface area contributed by atoms with Crippen LogP contribution in [-0.4, -0.2) is 22.2 Å². The van der Waals surface area contributed by atoms with Crippen molar-refractivity contribution in [2.75, 3.05) is 0 Å². The Morgan fingerprint density at radius 3 is 0.700 bits per heavy atom. The standard InChI is InChI=1S/C36H70O4/c1-3-5-7-9-11-13-15-17-18-19-20-22-24-26-28-30-32-34(36(39)40)33(35(37)38)31-29-27-25-23-21-16-14-12-10-8-6-4-2/h33-34H,3-32H2,1-2H3,(H,37,38)(H,39,40). The molecule has 0 saturated carbocycles. The van der Waals surface area contributed by atoms with Crippen LogP contribution in [0.4, 0.5) is 0 Å². The van der Waals surface area contributed by atoms with E-state index in [0.29, 0.717) is 12.8 Å². The fourth-order valence-electron chi connectivity index (χ4n) is 6.11. The van der Waals surface area contributed by atoms with Crippen LogP contribution in [0, 0.1) is 11.8 Å². The van der Waals surface area contributed by atoms with Crippen molar-refractivity contribution in [2.24, 2.45) is 11.8 Å². The van der Waals surface area contributed by atoms with Crippen LogP contribution in [0.5, 0.6) is 0 Å². The highest BCUT2D eigenvalue weighted by molar-refractivity contribution is 5.79. The van der Waals surface area contributed by atoms with Crippen molar-refractivity contribution in [3.05, 3.63) is 0 Å². The zero-order chi connectivity index (χ0) is 29.5. The first-order valence-corrected chi connectivity index (χ1v) is 18.0. The average molecular weight is 567 g/mol. The molecule has 2 N–H and O–H groups in total. The van der Waals surface area contributed by atoms with Crippen molar-refractivity contribution >= 4 is 11.9 Å². The summed E-state index contributed by atoms with van der Waals surface area (Å²) >= 11 is 0. The zero-order valence-electron chi connectivity index (χ0n) is 27.1. The van der Waals surface area contributed by atoms with E-state index in [0.717, 1.165) is 38.5 Å². The minimum atomic E-state index is -0.924. The summed E-state index contributed by atoms with van der Waals surface area (Å²) in [4.78, 5) is 23.8. The summed E-state index contributed by atoms with van der Waals surface area (Å²) in [6.45, 7) is 4.52. The van der Waals surface area contributed by atoms with Gasteiger partial charge in [0.1, 0.15) is 0 Å². The summed E-state index contributed by atoms with van der Waals surface area (Å²) in [5.74, 6) is -3.33. The van der Waals surface area contributed by atoms with Gasteiger partial charge in [0.25, 0.3) is 0 Å². The molecule has 0 radical (unpaired) electrons. The zero-order valence-corrected chi connectivity index (χ0v) is 27.1. The predicted octanol–water partition coefficient (Wildman–Crippen LogP) is 12.1. The number of unbranched alkanes of at least 4 members (excludes halogenated alkanes) is 26. The molecule has 238 valence electrons. The monoisotopic (exact) mass is 567 g/mol. The lowest BCUT2D eigenvalue weighted by Gasteiger charge is -2.20. The van der Waals surface area contributed by atoms with Crippen LogP contribution in [0.25, 0.3) is 0 Å². The van der Waals surface area contributed by atoms with Crippen LogP contribution in [0.3, 0.4) is 0 Å². The van der Waals surface area contributed by atoms with E-state index in [1.807, 2.05) is 0 Å². The Morgan fingerprint density at radius 2 is 0.525 bits per heavy atom. The van der Waals surface area contributed by atoms with Gasteiger partial charge >= 0.3 is 11.9 Å². The van der Waals surface area contributed by atoms with E-state index in [1.165, 1.54) is 141 Å². The molecule has 0 amide bonds. The minimum absolute atomic E-state index is 0.503. The fourth-order valence-corrected chi connectivity index (χ4v) is 6.11. The molecule has 0 aliphatic heterocycles. The van der Waals surface area contributed by atoms with E-state index in [1.54, 1.807) is 0 Å². The van der Waals surface area contributed by atoms with Crippen molar-refractivity contribution in [2.45, 2.75) is 206 Å². The Labute approximate surface area is 249 Å². The van der Waals surface area contributed by atoms with Crippen LogP contribution < -0.4 is 0 Å². The molecule has 40 heavy (non-hydrogen) atoms. The maximum atomic E-state index is 11.9. The summed E-state index contributed by atoms with van der Waals surface area (Å²) in [5, 5.41) is 19.5. The van der Waals surface area contributed by atoms with Crippen molar-refractivity contribution in [1.29, 1.82) is 0 Å². The smallest absolute Gasteiger partial charge is 0.307 e. The van der Waals surface area contributed by atoms with Gasteiger partial charge in [0.2, 0.25) is 0 Å². The minimum Gasteiger partial charge on any atom is -0.481 e. The molecule has 0 fully saturated rings. The molecule has 4 heteroatoms. The third-order valence-corrected chi connectivity index (χ3v) is 8.86. The lowest BCUT2D eigenvalue weighted by atomic mass is 9.84. The van der Waals surface area contributed by atoms with Gasteiger partial charge in [-0.05, 0) is 12.8 Å². The maximum absolute atomic E-state index is 11.9. The molecule has 0 spiro atoms. The number of aliphatic carboxylic acids is 2. The van der Waals surface area contributed by atoms with Gasteiger partial charge in [0, 0.05) is 0 Å². The molecule has 2 atom stereocenters. The normalized spacial score (nSPS) is 12.9. The highest BCUT2D eigenvalue weighted by Crippen LogP contribution is 2.26. The predicted molar refractivity (Wildman–Crippen MR) is 172 cm³/mol. The van der Waals surface area contributed by atoms with Gasteiger partial charge in [-0.15, -0.1) is 0 Å². The average Bonchev–Trinajstić information content (AvgIpc) is 2.93. The van der Waals surface area contributed by atoms with Gasteiger partial charge in [-0.25, -0.2) is 0 Å². The molecule has 0 aliphatic carbocycles. The first-order chi connectivity index (χ1) is 19.5. The van der Waals surface area contributed by atoms with Crippen molar-refractivity contribution in [3.63, 3.8) is 0 Å². The summed E-state index contributed by atoms with van der Waals surface area (Å²) in [6, 6.07) is 0. The first kappa shape index (κ1) is 38.9. The van der Waals surface area contributed by atoms with E-state index < -0.39 is 23.8 Å². The van der Waals surface area contributed by atoms with Gasteiger partial charge in [-0.2, -0.15) is 0 Å². The summed E-state index contributed by atoms with van der Waals surface area (Å²) in [6.07, 6.45) is 36.5. The van der Waals surface area contributed by atoms with Crippen LogP contribution in [0.15, 0.2) is 0 Å². The van der Waals surface area contributed by atoms with E-state index in [-0.39, 0.29) is 0 Å². The number of hydrogen-bond acceptors (Lipinski definition) is 2. The molecule has 0 aromatic carbocycles. The third kappa shape index (κ3) is 25.9. The number of hydrogen-bond donors (Lipinski definition) is 2. The topological polar surface area (TPSA) is 74.6 Å². The molecule has 0 heterocycles. The van der Waals surface area contributed by atoms with Gasteiger partial charge in [-0.1, -0.05) is 194 Å². The van der Waals surface area contributed by atoms with E-state index in [2.05, 4.69) is 13.8 Å². The van der Waals surface area contributed by atoms with Crippen molar-refractivity contribution < 1.29 is 19.8 Å². The summed E-state index contributed by atoms with van der Waals surface area (Å²) < 4.78 is 0. The second-order valence-corrected chi connectivity index (χ2v) is 12.7. The second-order valence-electron chi connectivity index (χ2n) is 12.7. The van der Waals surface area contributed by atoms with Gasteiger partial charge in [0.05, 0.1) is 11.8 Å². The maximum Gasteiger partial charge on any atom is 0.307 e. The second kappa shape index (κ2) is 30.9. The molecule has 0 aromatic rings. The molecule has 0 rings (SSSR count). The van der Waals surface area contributed by atoms with Crippen molar-refractivity contribution in [1.82, 2.24) is 0 Å². The molecule has 0 aliphatic rings. The van der Waals surface area contributed by atoms with Gasteiger partial charge in [0.15, 0.2) is 0 Å². The van der Waals surface area contributed by atoms with Crippen LogP contribution in [0.2, 0.25) is 0 Å². The Kier molecular flexibility index (Phi) is 30.1.